The van der Waals surface area contributed by atoms with Crippen molar-refractivity contribution in [2.24, 2.45) is 0 Å². The molecule has 0 saturated heterocycles. The van der Waals surface area contributed by atoms with Crippen molar-refractivity contribution in [3.8, 4) is 11.8 Å². The van der Waals surface area contributed by atoms with Gasteiger partial charge >= 0.3 is 0 Å². The summed E-state index contributed by atoms with van der Waals surface area (Å²) in [6, 6.07) is 22.1. The minimum Gasteiger partial charge on any atom is -0.488 e. The molecule has 0 unspecified atom stereocenters. The van der Waals surface area contributed by atoms with Crippen LogP contribution in [0.3, 0.4) is 0 Å². The lowest BCUT2D eigenvalue weighted by atomic mass is 10.1. The number of benzene rings is 3. The number of carbonyl (C=O) groups is 1. The first-order valence-corrected chi connectivity index (χ1v) is 11.0. The number of halogens is 3. The molecule has 0 aliphatic carbocycles. The van der Waals surface area contributed by atoms with Crippen molar-refractivity contribution < 1.29 is 9.53 Å². The number of amides is 1. The molecule has 0 atom stereocenters. The summed E-state index contributed by atoms with van der Waals surface area (Å²) >= 11 is 11.4. The molecule has 3 aromatic carbocycles. The SMILES string of the molecule is N#C/C(=C/c1ccc(OCc2ccc(Br)cc2)c(I)c1)C(=O)Nc1ccc(Cl)cc1. The Morgan fingerprint density at radius 1 is 1.13 bits per heavy atom. The van der Waals surface area contributed by atoms with Crippen LogP contribution in [0, 0.1) is 14.9 Å². The molecule has 4 nitrogen and oxygen atoms in total. The van der Waals surface area contributed by atoms with Gasteiger partial charge in [-0.2, -0.15) is 5.26 Å². The van der Waals surface area contributed by atoms with Gasteiger partial charge in [-0.1, -0.05) is 45.7 Å². The van der Waals surface area contributed by atoms with Crippen molar-refractivity contribution in [1.29, 1.82) is 5.26 Å². The zero-order valence-corrected chi connectivity index (χ0v) is 20.0. The Balaban J connectivity index is 1.69. The molecule has 30 heavy (non-hydrogen) atoms. The molecule has 0 fully saturated rings. The van der Waals surface area contributed by atoms with Crippen LogP contribution in [-0.2, 0) is 11.4 Å². The van der Waals surface area contributed by atoms with Crippen molar-refractivity contribution >= 4 is 67.8 Å². The number of nitrogens with zero attached hydrogens (tertiary/aromatic N) is 1. The molecular formula is C23H15BrClIN2O2. The fraction of sp³-hybridized carbons (Fsp3) is 0.0435. The molecule has 3 aromatic rings. The van der Waals surface area contributed by atoms with Crippen LogP contribution < -0.4 is 10.1 Å². The Morgan fingerprint density at radius 2 is 1.83 bits per heavy atom. The highest BCUT2D eigenvalue weighted by Gasteiger charge is 2.10. The zero-order valence-electron chi connectivity index (χ0n) is 15.5. The van der Waals surface area contributed by atoms with Gasteiger partial charge in [0, 0.05) is 15.2 Å². The lowest BCUT2D eigenvalue weighted by Gasteiger charge is -2.09. The second kappa shape index (κ2) is 10.6. The fourth-order valence-electron chi connectivity index (χ4n) is 2.51. The predicted octanol–water partition coefficient (Wildman–Crippen LogP) is 6.83. The second-order valence-corrected chi connectivity index (χ2v) is 8.75. The highest BCUT2D eigenvalue weighted by molar-refractivity contribution is 14.1. The third kappa shape index (κ3) is 6.33. The monoisotopic (exact) mass is 592 g/mol. The summed E-state index contributed by atoms with van der Waals surface area (Å²) in [4.78, 5) is 12.4. The first kappa shape index (κ1) is 22.3. The normalized spacial score (nSPS) is 10.9. The third-order valence-electron chi connectivity index (χ3n) is 4.04. The van der Waals surface area contributed by atoms with E-state index in [0.29, 0.717) is 17.3 Å². The number of hydrogen-bond acceptors (Lipinski definition) is 3. The Kier molecular flexibility index (Phi) is 7.91. The number of nitriles is 1. The van der Waals surface area contributed by atoms with Gasteiger partial charge in [0.2, 0.25) is 0 Å². The fourth-order valence-corrected chi connectivity index (χ4v) is 3.60. The van der Waals surface area contributed by atoms with Gasteiger partial charge in [-0.3, -0.25) is 4.79 Å². The standard InChI is InChI=1S/C23H15BrClIN2O2/c24-18-4-1-15(2-5-18)14-30-22-10-3-16(12-21(22)26)11-17(13-27)23(29)28-20-8-6-19(25)7-9-20/h1-12H,14H2,(H,28,29)/b17-11-. The molecule has 0 radical (unpaired) electrons. The third-order valence-corrected chi connectivity index (χ3v) is 5.67. The van der Waals surface area contributed by atoms with Gasteiger partial charge in [0.25, 0.3) is 5.91 Å². The van der Waals surface area contributed by atoms with E-state index in [1.807, 2.05) is 48.5 Å². The molecular weight excluding hydrogens is 579 g/mol. The number of nitrogens with one attached hydrogen (secondary N) is 1. The summed E-state index contributed by atoms with van der Waals surface area (Å²) in [5, 5.41) is 12.7. The van der Waals surface area contributed by atoms with E-state index in [4.69, 9.17) is 16.3 Å². The molecule has 0 saturated carbocycles. The van der Waals surface area contributed by atoms with E-state index >= 15 is 0 Å². The molecule has 150 valence electrons. The number of anilines is 1. The van der Waals surface area contributed by atoms with Gasteiger partial charge in [0.15, 0.2) is 0 Å². The van der Waals surface area contributed by atoms with E-state index in [9.17, 15) is 10.1 Å². The lowest BCUT2D eigenvalue weighted by Crippen LogP contribution is -2.13. The van der Waals surface area contributed by atoms with Crippen molar-refractivity contribution in [3.05, 3.63) is 96.5 Å². The molecule has 0 spiro atoms. The van der Waals surface area contributed by atoms with Gasteiger partial charge in [-0.05, 0) is 88.3 Å². The lowest BCUT2D eigenvalue weighted by molar-refractivity contribution is -0.112. The zero-order chi connectivity index (χ0) is 21.5. The van der Waals surface area contributed by atoms with Crippen molar-refractivity contribution in [3.63, 3.8) is 0 Å². The van der Waals surface area contributed by atoms with Crippen molar-refractivity contribution in [1.82, 2.24) is 0 Å². The highest BCUT2D eigenvalue weighted by Crippen LogP contribution is 2.25. The summed E-state index contributed by atoms with van der Waals surface area (Å²) < 4.78 is 7.79. The maximum Gasteiger partial charge on any atom is 0.266 e. The van der Waals surface area contributed by atoms with E-state index < -0.39 is 5.91 Å². The van der Waals surface area contributed by atoms with E-state index in [1.165, 1.54) is 0 Å². The van der Waals surface area contributed by atoms with Crippen LogP contribution in [0.25, 0.3) is 6.08 Å². The van der Waals surface area contributed by atoms with Crippen LogP contribution in [0.5, 0.6) is 5.75 Å². The average molecular weight is 594 g/mol. The molecule has 0 aliphatic rings. The van der Waals surface area contributed by atoms with E-state index in [0.717, 1.165) is 24.9 Å². The van der Waals surface area contributed by atoms with Crippen LogP contribution in [-0.4, -0.2) is 5.91 Å². The van der Waals surface area contributed by atoms with Crippen molar-refractivity contribution in [2.75, 3.05) is 5.32 Å². The highest BCUT2D eigenvalue weighted by atomic mass is 127. The summed E-state index contributed by atoms with van der Waals surface area (Å²) in [7, 11) is 0. The number of ether oxygens (including phenoxy) is 1. The number of carbonyl (C=O) groups excluding carboxylic acids is 1. The van der Waals surface area contributed by atoms with Crippen LogP contribution >= 0.6 is 50.1 Å². The van der Waals surface area contributed by atoms with Crippen LogP contribution in [0.2, 0.25) is 5.02 Å². The smallest absolute Gasteiger partial charge is 0.266 e. The summed E-state index contributed by atoms with van der Waals surface area (Å²) in [5.41, 5.74) is 2.36. The van der Waals surface area contributed by atoms with E-state index in [1.54, 1.807) is 30.3 Å². The van der Waals surface area contributed by atoms with Gasteiger partial charge in [-0.15, -0.1) is 0 Å². The largest absolute Gasteiger partial charge is 0.488 e. The van der Waals surface area contributed by atoms with Crippen LogP contribution in [0.15, 0.2) is 76.8 Å². The molecule has 0 bridgehead atoms. The first-order chi connectivity index (χ1) is 14.4. The molecule has 7 heteroatoms. The summed E-state index contributed by atoms with van der Waals surface area (Å²) in [5.74, 6) is 0.255. The topological polar surface area (TPSA) is 62.1 Å². The first-order valence-electron chi connectivity index (χ1n) is 8.80. The molecule has 3 rings (SSSR count). The Morgan fingerprint density at radius 3 is 2.47 bits per heavy atom. The predicted molar refractivity (Wildman–Crippen MR) is 131 cm³/mol. The van der Waals surface area contributed by atoms with Gasteiger partial charge in [0.1, 0.15) is 24.0 Å². The van der Waals surface area contributed by atoms with Crippen LogP contribution in [0.1, 0.15) is 11.1 Å². The number of hydrogen-bond donors (Lipinski definition) is 1. The van der Waals surface area contributed by atoms with E-state index in [-0.39, 0.29) is 5.57 Å². The molecule has 0 aromatic heterocycles. The van der Waals surface area contributed by atoms with E-state index in [2.05, 4.69) is 43.8 Å². The minimum atomic E-state index is -0.481. The Hall–Kier alpha value is -2.34. The van der Waals surface area contributed by atoms with Crippen LogP contribution in [0.4, 0.5) is 5.69 Å². The Labute approximate surface area is 201 Å². The van der Waals surface area contributed by atoms with Gasteiger partial charge in [0.05, 0.1) is 3.57 Å². The maximum absolute atomic E-state index is 12.4. The van der Waals surface area contributed by atoms with Gasteiger partial charge in [-0.25, -0.2) is 0 Å². The quantitative estimate of drug-likeness (QED) is 0.194. The average Bonchev–Trinajstić information content (AvgIpc) is 2.74. The molecule has 1 N–H and O–H groups in total. The summed E-state index contributed by atoms with van der Waals surface area (Å²) in [6.45, 7) is 0.450. The minimum absolute atomic E-state index is 0.00396. The number of rotatable bonds is 6. The second-order valence-electron chi connectivity index (χ2n) is 6.24. The molecule has 1 amide bonds. The maximum atomic E-state index is 12.4. The Bertz CT molecular complexity index is 1120. The van der Waals surface area contributed by atoms with Gasteiger partial charge < -0.3 is 10.1 Å². The summed E-state index contributed by atoms with van der Waals surface area (Å²) in [6.07, 6.45) is 1.55. The molecule has 0 heterocycles. The molecule has 0 aliphatic heterocycles. The van der Waals surface area contributed by atoms with Crippen molar-refractivity contribution in [2.45, 2.75) is 6.61 Å².